The first-order chi connectivity index (χ1) is 7.29. The van der Waals surface area contributed by atoms with Crippen LogP contribution in [-0.4, -0.2) is 16.5 Å². The standard InChI is InChI=1S/C11H9NO3/c13-7-9-6-12-15-11(9)5-8-2-1-3-10(14)4-8/h1-4,6-7,14H,5H2. The SMILES string of the molecule is O=Cc1cnoc1Cc1cccc(O)c1. The minimum Gasteiger partial charge on any atom is -0.508 e. The van der Waals surface area contributed by atoms with Gasteiger partial charge in [0, 0.05) is 6.42 Å². The summed E-state index contributed by atoms with van der Waals surface area (Å²) in [6, 6.07) is 6.79. The van der Waals surface area contributed by atoms with E-state index in [0.717, 1.165) is 5.56 Å². The van der Waals surface area contributed by atoms with Crippen LogP contribution < -0.4 is 0 Å². The van der Waals surface area contributed by atoms with Gasteiger partial charge >= 0.3 is 0 Å². The van der Waals surface area contributed by atoms with Gasteiger partial charge in [0.15, 0.2) is 12.0 Å². The van der Waals surface area contributed by atoms with E-state index >= 15 is 0 Å². The summed E-state index contributed by atoms with van der Waals surface area (Å²) >= 11 is 0. The third-order valence-electron chi connectivity index (χ3n) is 2.08. The summed E-state index contributed by atoms with van der Waals surface area (Å²) in [6.45, 7) is 0. The molecule has 0 amide bonds. The fourth-order valence-electron chi connectivity index (χ4n) is 1.35. The van der Waals surface area contributed by atoms with E-state index < -0.39 is 0 Å². The van der Waals surface area contributed by atoms with Gasteiger partial charge < -0.3 is 9.63 Å². The Bertz CT molecular complexity index is 476. The quantitative estimate of drug-likeness (QED) is 0.772. The topological polar surface area (TPSA) is 63.3 Å². The molecule has 1 aromatic heterocycles. The van der Waals surface area contributed by atoms with Crippen molar-refractivity contribution in [1.82, 2.24) is 5.16 Å². The van der Waals surface area contributed by atoms with Crippen molar-refractivity contribution in [2.75, 3.05) is 0 Å². The van der Waals surface area contributed by atoms with E-state index in [1.807, 2.05) is 6.07 Å². The van der Waals surface area contributed by atoms with Crippen molar-refractivity contribution < 1.29 is 14.4 Å². The molecule has 2 aromatic rings. The molecule has 1 aromatic carbocycles. The summed E-state index contributed by atoms with van der Waals surface area (Å²) in [5.74, 6) is 0.704. The fraction of sp³-hybridized carbons (Fsp3) is 0.0909. The Morgan fingerprint density at radius 1 is 1.47 bits per heavy atom. The predicted octanol–water partition coefficient (Wildman–Crippen LogP) is 1.78. The van der Waals surface area contributed by atoms with Crippen molar-refractivity contribution in [2.24, 2.45) is 0 Å². The van der Waals surface area contributed by atoms with Crippen LogP contribution in [-0.2, 0) is 6.42 Å². The molecule has 4 heteroatoms. The lowest BCUT2D eigenvalue weighted by Crippen LogP contribution is -1.89. The number of phenolic OH excluding ortho intramolecular Hbond substituents is 1. The number of aromatic hydroxyl groups is 1. The van der Waals surface area contributed by atoms with Crippen molar-refractivity contribution >= 4 is 6.29 Å². The highest BCUT2D eigenvalue weighted by Crippen LogP contribution is 2.16. The summed E-state index contributed by atoms with van der Waals surface area (Å²) in [6.07, 6.45) is 2.53. The number of hydrogen-bond acceptors (Lipinski definition) is 4. The van der Waals surface area contributed by atoms with Crippen molar-refractivity contribution in [1.29, 1.82) is 0 Å². The average molecular weight is 203 g/mol. The van der Waals surface area contributed by atoms with Gasteiger partial charge in [-0.3, -0.25) is 4.79 Å². The van der Waals surface area contributed by atoms with Gasteiger partial charge in [-0.25, -0.2) is 0 Å². The summed E-state index contributed by atoms with van der Waals surface area (Å²) < 4.78 is 4.94. The van der Waals surface area contributed by atoms with Gasteiger partial charge in [-0.1, -0.05) is 17.3 Å². The lowest BCUT2D eigenvalue weighted by atomic mass is 10.1. The number of benzene rings is 1. The molecule has 0 aliphatic heterocycles. The molecular formula is C11H9NO3. The number of hydrogen-bond donors (Lipinski definition) is 1. The molecule has 0 aliphatic carbocycles. The maximum absolute atomic E-state index is 10.6. The molecule has 0 unspecified atom stereocenters. The van der Waals surface area contributed by atoms with E-state index in [1.165, 1.54) is 6.20 Å². The number of carbonyl (C=O) groups excluding carboxylic acids is 1. The van der Waals surface area contributed by atoms with Crippen molar-refractivity contribution in [3.8, 4) is 5.75 Å². The molecule has 15 heavy (non-hydrogen) atoms. The normalized spacial score (nSPS) is 10.1. The molecule has 0 fully saturated rings. The second kappa shape index (κ2) is 3.96. The Morgan fingerprint density at radius 3 is 3.07 bits per heavy atom. The first kappa shape index (κ1) is 9.45. The molecule has 0 atom stereocenters. The van der Waals surface area contributed by atoms with Crippen LogP contribution in [0.4, 0.5) is 0 Å². The molecule has 0 saturated heterocycles. The Labute approximate surface area is 86.1 Å². The van der Waals surface area contributed by atoms with Gasteiger partial charge in [-0.2, -0.15) is 0 Å². The molecule has 0 aliphatic rings. The number of aromatic nitrogens is 1. The van der Waals surface area contributed by atoms with E-state index in [9.17, 15) is 9.90 Å². The fourth-order valence-corrected chi connectivity index (χ4v) is 1.35. The maximum atomic E-state index is 10.6. The smallest absolute Gasteiger partial charge is 0.155 e. The van der Waals surface area contributed by atoms with E-state index in [0.29, 0.717) is 24.0 Å². The van der Waals surface area contributed by atoms with E-state index in [1.54, 1.807) is 18.2 Å². The number of aldehydes is 1. The maximum Gasteiger partial charge on any atom is 0.155 e. The zero-order valence-electron chi connectivity index (χ0n) is 7.88. The van der Waals surface area contributed by atoms with Gasteiger partial charge in [-0.05, 0) is 17.7 Å². The Balaban J connectivity index is 2.25. The van der Waals surface area contributed by atoms with Crippen LogP contribution in [0.1, 0.15) is 21.7 Å². The monoisotopic (exact) mass is 203 g/mol. The molecule has 1 heterocycles. The van der Waals surface area contributed by atoms with Gasteiger partial charge in [-0.15, -0.1) is 0 Å². The van der Waals surface area contributed by atoms with Gasteiger partial charge in [0.2, 0.25) is 0 Å². The Hall–Kier alpha value is -2.10. The Morgan fingerprint density at radius 2 is 2.33 bits per heavy atom. The van der Waals surface area contributed by atoms with E-state index in [-0.39, 0.29) is 5.75 Å². The first-order valence-corrected chi connectivity index (χ1v) is 4.46. The van der Waals surface area contributed by atoms with Crippen molar-refractivity contribution in [2.45, 2.75) is 6.42 Å². The molecule has 2 rings (SSSR count). The summed E-state index contributed by atoms with van der Waals surface area (Å²) in [5, 5.41) is 12.8. The lowest BCUT2D eigenvalue weighted by Gasteiger charge is -1.98. The third-order valence-corrected chi connectivity index (χ3v) is 2.08. The molecule has 0 saturated carbocycles. The van der Waals surface area contributed by atoms with Gasteiger partial charge in [0.05, 0.1) is 11.8 Å². The lowest BCUT2D eigenvalue weighted by molar-refractivity contribution is 0.112. The zero-order chi connectivity index (χ0) is 10.7. The molecule has 1 N–H and O–H groups in total. The van der Waals surface area contributed by atoms with E-state index in [2.05, 4.69) is 5.16 Å². The molecular weight excluding hydrogens is 194 g/mol. The number of phenols is 1. The zero-order valence-corrected chi connectivity index (χ0v) is 7.88. The largest absolute Gasteiger partial charge is 0.508 e. The third kappa shape index (κ3) is 2.04. The van der Waals surface area contributed by atoms with Crippen LogP contribution in [0.3, 0.4) is 0 Å². The highest BCUT2D eigenvalue weighted by Gasteiger charge is 2.08. The summed E-state index contributed by atoms with van der Waals surface area (Å²) in [4.78, 5) is 10.6. The molecule has 76 valence electrons. The van der Waals surface area contributed by atoms with Crippen LogP contribution in [0.2, 0.25) is 0 Å². The molecule has 4 nitrogen and oxygen atoms in total. The second-order valence-corrected chi connectivity index (χ2v) is 3.17. The highest BCUT2D eigenvalue weighted by atomic mass is 16.5. The number of nitrogens with zero attached hydrogens (tertiary/aromatic N) is 1. The molecule has 0 radical (unpaired) electrons. The number of carbonyl (C=O) groups is 1. The minimum atomic E-state index is 0.194. The molecule has 0 spiro atoms. The molecule has 0 bridgehead atoms. The predicted molar refractivity (Wildman–Crippen MR) is 52.8 cm³/mol. The summed E-state index contributed by atoms with van der Waals surface area (Å²) in [7, 11) is 0. The highest BCUT2D eigenvalue weighted by molar-refractivity contribution is 5.75. The van der Waals surface area contributed by atoms with Crippen LogP contribution in [0.25, 0.3) is 0 Å². The van der Waals surface area contributed by atoms with Gasteiger partial charge in [0.25, 0.3) is 0 Å². The van der Waals surface area contributed by atoms with Crippen LogP contribution >= 0.6 is 0 Å². The van der Waals surface area contributed by atoms with Gasteiger partial charge in [0.1, 0.15) is 5.75 Å². The first-order valence-electron chi connectivity index (χ1n) is 4.46. The summed E-state index contributed by atoms with van der Waals surface area (Å²) in [5.41, 5.74) is 1.31. The van der Waals surface area contributed by atoms with Crippen LogP contribution in [0.15, 0.2) is 35.0 Å². The van der Waals surface area contributed by atoms with E-state index in [4.69, 9.17) is 4.52 Å². The van der Waals surface area contributed by atoms with Crippen molar-refractivity contribution in [3.63, 3.8) is 0 Å². The minimum absolute atomic E-state index is 0.194. The average Bonchev–Trinajstić information content (AvgIpc) is 2.65. The van der Waals surface area contributed by atoms with Crippen molar-refractivity contribution in [3.05, 3.63) is 47.3 Å². The van der Waals surface area contributed by atoms with Crippen LogP contribution in [0.5, 0.6) is 5.75 Å². The second-order valence-electron chi connectivity index (χ2n) is 3.17. The van der Waals surface area contributed by atoms with Crippen LogP contribution in [0, 0.1) is 0 Å². The Kier molecular flexibility index (Phi) is 2.49. The number of rotatable bonds is 3.